The van der Waals surface area contributed by atoms with Gasteiger partial charge in [0.2, 0.25) is 0 Å². The van der Waals surface area contributed by atoms with E-state index in [1.165, 1.54) is 6.42 Å². The highest BCUT2D eigenvalue weighted by molar-refractivity contribution is 5.18. The molecule has 0 radical (unpaired) electrons. The first-order chi connectivity index (χ1) is 8.59. The van der Waals surface area contributed by atoms with Gasteiger partial charge in [-0.3, -0.25) is 4.68 Å². The molecule has 1 aromatic heterocycles. The molecular weight excluding hydrogens is 226 g/mol. The van der Waals surface area contributed by atoms with Crippen molar-refractivity contribution in [2.45, 2.75) is 58.1 Å². The van der Waals surface area contributed by atoms with Gasteiger partial charge in [0, 0.05) is 17.8 Å². The molecule has 1 fully saturated rings. The summed E-state index contributed by atoms with van der Waals surface area (Å²) in [5.41, 5.74) is 0.162. The minimum Gasteiger partial charge on any atom is -0.387 e. The zero-order valence-electron chi connectivity index (χ0n) is 11.1. The van der Waals surface area contributed by atoms with Crippen LogP contribution in [0.15, 0.2) is 12.4 Å². The Hall–Kier alpha value is -1.34. The summed E-state index contributed by atoms with van der Waals surface area (Å²) in [5.74, 6) is 0. The van der Waals surface area contributed by atoms with E-state index >= 15 is 0 Å². The molecule has 0 aromatic carbocycles. The number of aliphatic hydroxyl groups excluding tert-OH is 1. The second kappa shape index (κ2) is 5.11. The van der Waals surface area contributed by atoms with E-state index < -0.39 is 11.5 Å². The highest BCUT2D eigenvalue weighted by atomic mass is 16.3. The Morgan fingerprint density at radius 3 is 2.56 bits per heavy atom. The molecule has 98 valence electrons. The first kappa shape index (κ1) is 13.1. The van der Waals surface area contributed by atoms with Crippen LogP contribution in [0.2, 0.25) is 0 Å². The second-order valence-electron chi connectivity index (χ2n) is 5.58. The Morgan fingerprint density at radius 1 is 1.39 bits per heavy atom. The van der Waals surface area contributed by atoms with Crippen LogP contribution in [0.1, 0.15) is 63.7 Å². The van der Waals surface area contributed by atoms with Crippen molar-refractivity contribution in [2.24, 2.45) is 5.41 Å². The van der Waals surface area contributed by atoms with E-state index in [9.17, 15) is 10.4 Å². The highest BCUT2D eigenvalue weighted by Gasteiger charge is 2.40. The van der Waals surface area contributed by atoms with Crippen LogP contribution in [0.5, 0.6) is 0 Å². The van der Waals surface area contributed by atoms with Crippen LogP contribution in [-0.4, -0.2) is 14.9 Å². The third kappa shape index (κ3) is 2.28. The van der Waals surface area contributed by atoms with Crippen LogP contribution in [0.4, 0.5) is 0 Å². The molecule has 0 amide bonds. The maximum Gasteiger partial charge on any atom is 0.101 e. The van der Waals surface area contributed by atoms with Gasteiger partial charge >= 0.3 is 0 Å². The number of nitrogens with zero attached hydrogens (tertiary/aromatic N) is 3. The van der Waals surface area contributed by atoms with Crippen LogP contribution in [0, 0.1) is 16.7 Å². The van der Waals surface area contributed by atoms with Crippen LogP contribution in [0.3, 0.4) is 0 Å². The lowest BCUT2D eigenvalue weighted by Gasteiger charge is -2.34. The Bertz CT molecular complexity index is 438. The Kier molecular flexibility index (Phi) is 3.72. The van der Waals surface area contributed by atoms with Gasteiger partial charge in [0.25, 0.3) is 0 Å². The largest absolute Gasteiger partial charge is 0.387 e. The molecule has 18 heavy (non-hydrogen) atoms. The van der Waals surface area contributed by atoms with E-state index in [2.05, 4.69) is 11.2 Å². The quantitative estimate of drug-likeness (QED) is 0.893. The van der Waals surface area contributed by atoms with Gasteiger partial charge in [-0.15, -0.1) is 0 Å². The maximum absolute atomic E-state index is 10.5. The molecule has 1 saturated carbocycles. The first-order valence-corrected chi connectivity index (χ1v) is 6.72. The SMILES string of the molecule is CC(C)n1cc(C(O)C2(C#N)CCCCC2)cn1. The van der Waals surface area contributed by atoms with E-state index in [0.717, 1.165) is 31.2 Å². The zero-order valence-corrected chi connectivity index (χ0v) is 11.1. The summed E-state index contributed by atoms with van der Waals surface area (Å²) < 4.78 is 1.83. The fourth-order valence-corrected chi connectivity index (χ4v) is 2.72. The van der Waals surface area contributed by atoms with E-state index in [-0.39, 0.29) is 6.04 Å². The van der Waals surface area contributed by atoms with Crippen molar-refractivity contribution in [3.8, 4) is 6.07 Å². The van der Waals surface area contributed by atoms with Crippen LogP contribution in [-0.2, 0) is 0 Å². The van der Waals surface area contributed by atoms with E-state index in [4.69, 9.17) is 0 Å². The summed E-state index contributed by atoms with van der Waals surface area (Å²) in [6.45, 7) is 4.09. The van der Waals surface area contributed by atoms with Crippen molar-refractivity contribution in [2.75, 3.05) is 0 Å². The third-order valence-corrected chi connectivity index (χ3v) is 3.96. The van der Waals surface area contributed by atoms with Gasteiger partial charge in [0.1, 0.15) is 6.10 Å². The summed E-state index contributed by atoms with van der Waals surface area (Å²) in [6, 6.07) is 2.64. The molecule has 1 aromatic rings. The Labute approximate surface area is 108 Å². The van der Waals surface area contributed by atoms with Crippen molar-refractivity contribution in [3.05, 3.63) is 18.0 Å². The summed E-state index contributed by atoms with van der Waals surface area (Å²) in [7, 11) is 0. The lowest BCUT2D eigenvalue weighted by atomic mass is 9.70. The molecule has 0 aliphatic heterocycles. The minimum atomic E-state index is -0.713. The van der Waals surface area contributed by atoms with Gasteiger partial charge in [-0.25, -0.2) is 0 Å². The van der Waals surface area contributed by atoms with Crippen LogP contribution >= 0.6 is 0 Å². The topological polar surface area (TPSA) is 61.8 Å². The number of rotatable bonds is 3. The van der Waals surface area contributed by atoms with Gasteiger partial charge < -0.3 is 5.11 Å². The number of aliphatic hydroxyl groups is 1. The minimum absolute atomic E-state index is 0.273. The monoisotopic (exact) mass is 247 g/mol. The highest BCUT2D eigenvalue weighted by Crippen LogP contribution is 2.45. The number of aromatic nitrogens is 2. The van der Waals surface area contributed by atoms with Gasteiger partial charge in [0.15, 0.2) is 0 Å². The predicted molar refractivity (Wildman–Crippen MR) is 68.7 cm³/mol. The zero-order chi connectivity index (χ0) is 13.2. The van der Waals surface area contributed by atoms with Crippen molar-refractivity contribution in [1.82, 2.24) is 9.78 Å². The van der Waals surface area contributed by atoms with Gasteiger partial charge in [0.05, 0.1) is 17.7 Å². The van der Waals surface area contributed by atoms with Crippen molar-refractivity contribution >= 4 is 0 Å². The number of nitriles is 1. The molecule has 4 nitrogen and oxygen atoms in total. The molecule has 1 N–H and O–H groups in total. The van der Waals surface area contributed by atoms with Crippen LogP contribution < -0.4 is 0 Å². The summed E-state index contributed by atoms with van der Waals surface area (Å²) in [5, 5.41) is 24.2. The maximum atomic E-state index is 10.5. The number of hydrogen-bond donors (Lipinski definition) is 1. The fraction of sp³-hybridized carbons (Fsp3) is 0.714. The van der Waals surface area contributed by atoms with E-state index in [0.29, 0.717) is 0 Å². The smallest absolute Gasteiger partial charge is 0.101 e. The van der Waals surface area contributed by atoms with Gasteiger partial charge in [-0.2, -0.15) is 10.4 Å². The molecule has 0 saturated heterocycles. The third-order valence-electron chi connectivity index (χ3n) is 3.96. The van der Waals surface area contributed by atoms with E-state index in [1.54, 1.807) is 6.20 Å². The molecule has 0 bridgehead atoms. The average Bonchev–Trinajstić information content (AvgIpc) is 2.88. The summed E-state index contributed by atoms with van der Waals surface area (Å²) in [6.07, 6.45) is 7.65. The first-order valence-electron chi connectivity index (χ1n) is 6.72. The Balaban J connectivity index is 2.23. The molecule has 0 spiro atoms. The summed E-state index contributed by atoms with van der Waals surface area (Å²) >= 11 is 0. The molecule has 1 heterocycles. The van der Waals surface area contributed by atoms with Gasteiger partial charge in [-0.05, 0) is 26.7 Å². The molecule has 1 atom stereocenters. The average molecular weight is 247 g/mol. The van der Waals surface area contributed by atoms with Crippen molar-refractivity contribution < 1.29 is 5.11 Å². The number of hydrogen-bond acceptors (Lipinski definition) is 3. The molecule has 1 aliphatic carbocycles. The normalized spacial score (nSPS) is 20.6. The molecule has 1 aliphatic rings. The predicted octanol–water partition coefficient (Wildman–Crippen LogP) is 2.97. The lowest BCUT2D eigenvalue weighted by Crippen LogP contribution is -2.29. The molecule has 2 rings (SSSR count). The fourth-order valence-electron chi connectivity index (χ4n) is 2.72. The molecular formula is C14H21N3O. The van der Waals surface area contributed by atoms with Gasteiger partial charge in [-0.1, -0.05) is 19.3 Å². The molecule has 1 unspecified atom stereocenters. The van der Waals surface area contributed by atoms with E-state index in [1.807, 2.05) is 24.7 Å². The summed E-state index contributed by atoms with van der Waals surface area (Å²) in [4.78, 5) is 0. The standard InChI is InChI=1S/C14H21N3O/c1-11(2)17-9-12(8-16-17)13(18)14(10-15)6-4-3-5-7-14/h8-9,11,13,18H,3-7H2,1-2H3. The second-order valence-corrected chi connectivity index (χ2v) is 5.58. The lowest BCUT2D eigenvalue weighted by molar-refractivity contribution is 0.0359. The van der Waals surface area contributed by atoms with Crippen LogP contribution in [0.25, 0.3) is 0 Å². The van der Waals surface area contributed by atoms with Crippen molar-refractivity contribution in [3.63, 3.8) is 0 Å². The van der Waals surface area contributed by atoms with Crippen molar-refractivity contribution in [1.29, 1.82) is 5.26 Å². The Morgan fingerprint density at radius 2 is 2.06 bits per heavy atom. The molecule has 4 heteroatoms.